The van der Waals surface area contributed by atoms with E-state index in [2.05, 4.69) is 0 Å². The second-order valence-electron chi connectivity index (χ2n) is 4.12. The van der Waals surface area contributed by atoms with Gasteiger partial charge in [-0.3, -0.25) is 0 Å². The zero-order chi connectivity index (χ0) is 14.4. The van der Waals surface area contributed by atoms with Gasteiger partial charge in [-0.2, -0.15) is 0 Å². The molecule has 0 fully saturated rings. The van der Waals surface area contributed by atoms with Crippen molar-refractivity contribution in [3.8, 4) is 0 Å². The van der Waals surface area contributed by atoms with E-state index in [1.807, 2.05) is 30.3 Å². The smallest absolute Gasteiger partial charge is 0.341 e. The number of esters is 1. The van der Waals surface area contributed by atoms with Crippen molar-refractivity contribution in [2.24, 2.45) is 0 Å². The first-order chi connectivity index (χ1) is 9.66. The van der Waals surface area contributed by atoms with Crippen molar-refractivity contribution in [1.82, 2.24) is 0 Å². The van der Waals surface area contributed by atoms with Crippen LogP contribution in [-0.2, 0) is 16.1 Å². The Balaban J connectivity index is 1.82. The van der Waals surface area contributed by atoms with Crippen LogP contribution >= 0.6 is 11.6 Å². The van der Waals surface area contributed by atoms with E-state index in [9.17, 15) is 4.79 Å². The molecule has 2 rings (SSSR count). The lowest BCUT2D eigenvalue weighted by Crippen LogP contribution is -2.10. The Morgan fingerprint density at radius 1 is 1.15 bits per heavy atom. The number of hydrogen-bond acceptors (Lipinski definition) is 4. The summed E-state index contributed by atoms with van der Waals surface area (Å²) in [7, 11) is 0. The SMILES string of the molecule is Nc1ccc(Cl)c(C(=O)OCOCc2ccccc2)c1. The molecule has 0 aromatic heterocycles. The summed E-state index contributed by atoms with van der Waals surface area (Å²) in [6.07, 6.45) is 0. The number of benzene rings is 2. The first kappa shape index (κ1) is 14.4. The number of nitrogens with two attached hydrogens (primary N) is 1. The number of ether oxygens (including phenoxy) is 2. The van der Waals surface area contributed by atoms with Crippen molar-refractivity contribution < 1.29 is 14.3 Å². The van der Waals surface area contributed by atoms with Crippen LogP contribution in [0.25, 0.3) is 0 Å². The highest BCUT2D eigenvalue weighted by molar-refractivity contribution is 6.33. The van der Waals surface area contributed by atoms with Crippen molar-refractivity contribution in [1.29, 1.82) is 0 Å². The Morgan fingerprint density at radius 2 is 1.90 bits per heavy atom. The molecule has 0 bridgehead atoms. The molecule has 20 heavy (non-hydrogen) atoms. The summed E-state index contributed by atoms with van der Waals surface area (Å²) in [5.41, 5.74) is 7.29. The van der Waals surface area contributed by atoms with Gasteiger partial charge in [0.25, 0.3) is 0 Å². The van der Waals surface area contributed by atoms with E-state index in [1.54, 1.807) is 12.1 Å². The third-order valence-electron chi connectivity index (χ3n) is 2.60. The number of carbonyl (C=O) groups excluding carboxylic acids is 1. The van der Waals surface area contributed by atoms with Crippen LogP contribution < -0.4 is 5.73 Å². The Labute approximate surface area is 122 Å². The minimum atomic E-state index is -0.560. The van der Waals surface area contributed by atoms with Crippen LogP contribution in [0.15, 0.2) is 48.5 Å². The van der Waals surface area contributed by atoms with E-state index in [1.165, 1.54) is 6.07 Å². The van der Waals surface area contributed by atoms with Gasteiger partial charge in [0.2, 0.25) is 0 Å². The Morgan fingerprint density at radius 3 is 2.65 bits per heavy atom. The molecule has 0 aliphatic heterocycles. The van der Waals surface area contributed by atoms with Gasteiger partial charge in [-0.15, -0.1) is 0 Å². The molecule has 0 heterocycles. The minimum absolute atomic E-state index is 0.140. The molecule has 104 valence electrons. The maximum atomic E-state index is 11.8. The number of hydrogen-bond donors (Lipinski definition) is 1. The van der Waals surface area contributed by atoms with E-state index in [0.717, 1.165) is 5.56 Å². The summed E-state index contributed by atoms with van der Waals surface area (Å²) < 4.78 is 10.2. The van der Waals surface area contributed by atoms with Gasteiger partial charge >= 0.3 is 5.97 Å². The third kappa shape index (κ3) is 3.98. The second-order valence-corrected chi connectivity index (χ2v) is 4.53. The Bertz CT molecular complexity index is 587. The normalized spacial score (nSPS) is 10.2. The number of carbonyl (C=O) groups is 1. The fourth-order valence-corrected chi connectivity index (χ4v) is 1.80. The van der Waals surface area contributed by atoms with E-state index in [4.69, 9.17) is 26.8 Å². The van der Waals surface area contributed by atoms with Gasteiger partial charge in [0.05, 0.1) is 17.2 Å². The lowest BCUT2D eigenvalue weighted by Gasteiger charge is -2.08. The fraction of sp³-hybridized carbons (Fsp3) is 0.133. The molecule has 2 N–H and O–H groups in total. The Hall–Kier alpha value is -2.04. The van der Waals surface area contributed by atoms with E-state index >= 15 is 0 Å². The van der Waals surface area contributed by atoms with Gasteiger partial charge in [0, 0.05) is 5.69 Å². The molecule has 2 aromatic carbocycles. The van der Waals surface area contributed by atoms with Crippen LogP contribution in [0.5, 0.6) is 0 Å². The zero-order valence-corrected chi connectivity index (χ0v) is 11.5. The summed E-state index contributed by atoms with van der Waals surface area (Å²) >= 11 is 5.90. The standard InChI is InChI=1S/C15H14ClNO3/c16-14-7-6-12(17)8-13(14)15(18)20-10-19-9-11-4-2-1-3-5-11/h1-8H,9-10,17H2. The quantitative estimate of drug-likeness (QED) is 0.397. The fourth-order valence-electron chi connectivity index (χ4n) is 1.61. The molecule has 0 radical (unpaired) electrons. The van der Waals surface area contributed by atoms with Crippen molar-refractivity contribution >= 4 is 23.3 Å². The molecule has 4 nitrogen and oxygen atoms in total. The number of rotatable bonds is 5. The molecule has 0 atom stereocenters. The first-order valence-electron chi connectivity index (χ1n) is 6.00. The van der Waals surface area contributed by atoms with Gasteiger partial charge in [0.1, 0.15) is 0 Å². The molecule has 0 aliphatic carbocycles. The van der Waals surface area contributed by atoms with E-state index in [-0.39, 0.29) is 12.4 Å². The van der Waals surface area contributed by atoms with Gasteiger partial charge in [-0.25, -0.2) is 4.79 Å². The number of nitrogen functional groups attached to an aromatic ring is 1. The van der Waals surface area contributed by atoms with Crippen LogP contribution in [0.1, 0.15) is 15.9 Å². The monoisotopic (exact) mass is 291 g/mol. The summed E-state index contributed by atoms with van der Waals surface area (Å²) in [5, 5.41) is 0.298. The molecule has 0 unspecified atom stereocenters. The summed E-state index contributed by atoms with van der Waals surface area (Å²) in [5.74, 6) is -0.560. The highest BCUT2D eigenvalue weighted by Gasteiger charge is 2.12. The highest BCUT2D eigenvalue weighted by atomic mass is 35.5. The summed E-state index contributed by atoms with van der Waals surface area (Å²) in [6, 6.07) is 14.2. The largest absolute Gasteiger partial charge is 0.435 e. The average molecular weight is 292 g/mol. The predicted molar refractivity (Wildman–Crippen MR) is 77.4 cm³/mol. The lowest BCUT2D eigenvalue weighted by atomic mass is 10.2. The van der Waals surface area contributed by atoms with Crippen molar-refractivity contribution in [2.45, 2.75) is 6.61 Å². The molecule has 0 amide bonds. The van der Waals surface area contributed by atoms with Crippen LogP contribution in [-0.4, -0.2) is 12.8 Å². The number of halogens is 1. The van der Waals surface area contributed by atoms with Crippen LogP contribution in [0.2, 0.25) is 5.02 Å². The number of anilines is 1. The Kier molecular flexibility index (Phi) is 4.98. The molecular formula is C15H14ClNO3. The molecular weight excluding hydrogens is 278 g/mol. The van der Waals surface area contributed by atoms with Gasteiger partial charge in [-0.1, -0.05) is 41.9 Å². The second kappa shape index (κ2) is 6.93. The van der Waals surface area contributed by atoms with E-state index in [0.29, 0.717) is 17.3 Å². The maximum Gasteiger partial charge on any atom is 0.341 e. The predicted octanol–water partition coefficient (Wildman–Crippen LogP) is 3.25. The topological polar surface area (TPSA) is 61.6 Å². The van der Waals surface area contributed by atoms with Crippen molar-refractivity contribution in [3.63, 3.8) is 0 Å². The summed E-state index contributed by atoms with van der Waals surface area (Å²) in [4.78, 5) is 11.8. The maximum absolute atomic E-state index is 11.8. The van der Waals surface area contributed by atoms with Crippen LogP contribution in [0.4, 0.5) is 5.69 Å². The molecule has 2 aromatic rings. The highest BCUT2D eigenvalue weighted by Crippen LogP contribution is 2.19. The van der Waals surface area contributed by atoms with Gasteiger partial charge in [-0.05, 0) is 23.8 Å². The third-order valence-corrected chi connectivity index (χ3v) is 2.92. The minimum Gasteiger partial charge on any atom is -0.435 e. The molecule has 0 saturated carbocycles. The van der Waals surface area contributed by atoms with Crippen LogP contribution in [0, 0.1) is 0 Å². The average Bonchev–Trinajstić information content (AvgIpc) is 2.47. The lowest BCUT2D eigenvalue weighted by molar-refractivity contribution is -0.0381. The van der Waals surface area contributed by atoms with Crippen LogP contribution in [0.3, 0.4) is 0 Å². The van der Waals surface area contributed by atoms with Gasteiger partial charge in [0.15, 0.2) is 6.79 Å². The zero-order valence-electron chi connectivity index (χ0n) is 10.7. The molecule has 5 heteroatoms. The van der Waals surface area contributed by atoms with E-state index < -0.39 is 5.97 Å². The van der Waals surface area contributed by atoms with Crippen molar-refractivity contribution in [2.75, 3.05) is 12.5 Å². The van der Waals surface area contributed by atoms with Crippen molar-refractivity contribution in [3.05, 3.63) is 64.7 Å². The molecule has 0 aliphatic rings. The first-order valence-corrected chi connectivity index (χ1v) is 6.38. The summed E-state index contributed by atoms with van der Waals surface area (Å²) in [6.45, 7) is 0.234. The molecule has 0 saturated heterocycles. The molecule has 0 spiro atoms. The van der Waals surface area contributed by atoms with Gasteiger partial charge < -0.3 is 15.2 Å².